The standard InChI is InChI=1S/C17H21N3/c1-2-8-20-17(16-12-18-9-10-19-16)15-11-14(15)13-6-4-3-5-7-13/h3-7,9-10,12,14-15,17,20H,2,8,11H2,1H3. The average Bonchev–Trinajstić information content (AvgIpc) is 3.30. The van der Waals surface area contributed by atoms with Gasteiger partial charge in [0.15, 0.2) is 0 Å². The van der Waals surface area contributed by atoms with Crippen molar-refractivity contribution in [1.82, 2.24) is 15.3 Å². The van der Waals surface area contributed by atoms with E-state index in [1.54, 1.807) is 12.4 Å². The molecule has 2 aromatic rings. The van der Waals surface area contributed by atoms with E-state index in [0.29, 0.717) is 17.9 Å². The highest BCUT2D eigenvalue weighted by atomic mass is 15.0. The molecule has 0 spiro atoms. The minimum atomic E-state index is 0.328. The lowest BCUT2D eigenvalue weighted by Crippen LogP contribution is -2.25. The third-order valence-electron chi connectivity index (χ3n) is 4.01. The normalized spacial score (nSPS) is 22.4. The molecule has 1 heterocycles. The van der Waals surface area contributed by atoms with Gasteiger partial charge in [-0.3, -0.25) is 9.97 Å². The maximum absolute atomic E-state index is 4.50. The van der Waals surface area contributed by atoms with Gasteiger partial charge in [-0.2, -0.15) is 0 Å². The van der Waals surface area contributed by atoms with Gasteiger partial charge in [-0.25, -0.2) is 0 Å². The molecular weight excluding hydrogens is 246 g/mol. The summed E-state index contributed by atoms with van der Waals surface area (Å²) >= 11 is 0. The number of hydrogen-bond acceptors (Lipinski definition) is 3. The molecule has 1 N–H and O–H groups in total. The minimum Gasteiger partial charge on any atom is -0.308 e. The Bertz CT molecular complexity index is 526. The summed E-state index contributed by atoms with van der Waals surface area (Å²) in [5, 5.41) is 3.64. The molecule has 1 aromatic heterocycles. The van der Waals surface area contributed by atoms with Crippen LogP contribution in [0.2, 0.25) is 0 Å². The lowest BCUT2D eigenvalue weighted by atomic mass is 10.0. The van der Waals surface area contributed by atoms with Gasteiger partial charge in [0, 0.05) is 18.6 Å². The molecule has 20 heavy (non-hydrogen) atoms. The van der Waals surface area contributed by atoms with E-state index in [4.69, 9.17) is 0 Å². The molecule has 1 aromatic carbocycles. The summed E-state index contributed by atoms with van der Waals surface area (Å²) in [4.78, 5) is 8.72. The first kappa shape index (κ1) is 13.3. The van der Waals surface area contributed by atoms with Crippen LogP contribution >= 0.6 is 0 Å². The fraction of sp³-hybridized carbons (Fsp3) is 0.412. The van der Waals surface area contributed by atoms with Crippen molar-refractivity contribution in [2.75, 3.05) is 6.54 Å². The van der Waals surface area contributed by atoms with E-state index in [1.165, 1.54) is 12.0 Å². The van der Waals surface area contributed by atoms with E-state index >= 15 is 0 Å². The van der Waals surface area contributed by atoms with Gasteiger partial charge in [-0.1, -0.05) is 37.3 Å². The summed E-state index contributed by atoms with van der Waals surface area (Å²) in [5.74, 6) is 1.30. The van der Waals surface area contributed by atoms with Crippen LogP contribution in [0.3, 0.4) is 0 Å². The van der Waals surface area contributed by atoms with Gasteiger partial charge >= 0.3 is 0 Å². The third-order valence-corrected chi connectivity index (χ3v) is 4.01. The number of nitrogens with zero attached hydrogens (tertiary/aromatic N) is 2. The van der Waals surface area contributed by atoms with Gasteiger partial charge in [0.1, 0.15) is 0 Å². The van der Waals surface area contributed by atoms with Gasteiger partial charge in [0.05, 0.1) is 11.7 Å². The molecule has 3 rings (SSSR count). The predicted molar refractivity (Wildman–Crippen MR) is 80.4 cm³/mol. The maximum atomic E-state index is 4.50. The molecule has 3 nitrogen and oxygen atoms in total. The van der Waals surface area contributed by atoms with Crippen molar-refractivity contribution >= 4 is 0 Å². The van der Waals surface area contributed by atoms with Crippen LogP contribution in [0.15, 0.2) is 48.9 Å². The zero-order valence-corrected chi connectivity index (χ0v) is 11.9. The van der Waals surface area contributed by atoms with Gasteiger partial charge in [-0.05, 0) is 36.8 Å². The van der Waals surface area contributed by atoms with Crippen LogP contribution in [0.25, 0.3) is 0 Å². The molecule has 0 bridgehead atoms. The summed E-state index contributed by atoms with van der Waals surface area (Å²) in [6, 6.07) is 11.1. The Hall–Kier alpha value is -1.74. The second kappa shape index (κ2) is 6.14. The fourth-order valence-corrected chi connectivity index (χ4v) is 2.91. The molecule has 3 atom stereocenters. The Morgan fingerprint density at radius 3 is 2.80 bits per heavy atom. The highest BCUT2D eigenvalue weighted by molar-refractivity contribution is 5.28. The second-order valence-corrected chi connectivity index (χ2v) is 5.48. The monoisotopic (exact) mass is 267 g/mol. The topological polar surface area (TPSA) is 37.8 Å². The molecule has 3 heteroatoms. The number of benzene rings is 1. The lowest BCUT2D eigenvalue weighted by molar-refractivity contribution is 0.461. The van der Waals surface area contributed by atoms with Crippen molar-refractivity contribution in [3.63, 3.8) is 0 Å². The Morgan fingerprint density at radius 2 is 2.10 bits per heavy atom. The van der Waals surface area contributed by atoms with Gasteiger partial charge in [0.2, 0.25) is 0 Å². The molecule has 0 radical (unpaired) electrons. The highest BCUT2D eigenvalue weighted by Gasteiger charge is 2.44. The van der Waals surface area contributed by atoms with Crippen molar-refractivity contribution in [1.29, 1.82) is 0 Å². The van der Waals surface area contributed by atoms with Gasteiger partial charge in [0.25, 0.3) is 0 Å². The van der Waals surface area contributed by atoms with E-state index < -0.39 is 0 Å². The zero-order valence-electron chi connectivity index (χ0n) is 11.9. The molecular formula is C17H21N3. The van der Waals surface area contributed by atoms with Crippen molar-refractivity contribution in [3.05, 3.63) is 60.2 Å². The van der Waals surface area contributed by atoms with Gasteiger partial charge in [-0.15, -0.1) is 0 Å². The Morgan fingerprint density at radius 1 is 1.25 bits per heavy atom. The van der Waals surface area contributed by atoms with Crippen LogP contribution in [-0.2, 0) is 0 Å². The number of aromatic nitrogens is 2. The quantitative estimate of drug-likeness (QED) is 0.872. The molecule has 104 valence electrons. The van der Waals surface area contributed by atoms with Crippen LogP contribution in [0.1, 0.15) is 43.0 Å². The Labute approximate surface area is 120 Å². The van der Waals surface area contributed by atoms with E-state index in [2.05, 4.69) is 52.5 Å². The number of nitrogens with one attached hydrogen (secondary N) is 1. The summed E-state index contributed by atoms with van der Waals surface area (Å²) < 4.78 is 0. The number of rotatable bonds is 6. The SMILES string of the molecule is CCCNC(c1cnccn1)C1CC1c1ccccc1. The third kappa shape index (κ3) is 2.88. The van der Waals surface area contributed by atoms with E-state index in [0.717, 1.165) is 18.7 Å². The Balaban J connectivity index is 1.75. The first-order valence-corrected chi connectivity index (χ1v) is 7.44. The summed E-state index contributed by atoms with van der Waals surface area (Å²) in [6.07, 6.45) is 7.80. The first-order valence-electron chi connectivity index (χ1n) is 7.44. The molecule has 1 saturated carbocycles. The molecule has 1 fully saturated rings. The zero-order chi connectivity index (χ0) is 13.8. The van der Waals surface area contributed by atoms with Crippen LogP contribution in [0.4, 0.5) is 0 Å². The van der Waals surface area contributed by atoms with Crippen molar-refractivity contribution < 1.29 is 0 Å². The van der Waals surface area contributed by atoms with Gasteiger partial charge < -0.3 is 5.32 Å². The van der Waals surface area contributed by atoms with Crippen molar-refractivity contribution in [2.45, 2.75) is 31.7 Å². The predicted octanol–water partition coefficient (Wildman–Crippen LogP) is 3.32. The highest BCUT2D eigenvalue weighted by Crippen LogP contribution is 2.53. The first-order chi connectivity index (χ1) is 9.90. The van der Waals surface area contributed by atoms with Crippen LogP contribution in [-0.4, -0.2) is 16.5 Å². The summed E-state index contributed by atoms with van der Waals surface area (Å²) in [5.41, 5.74) is 2.52. The molecule has 0 amide bonds. The average molecular weight is 267 g/mol. The van der Waals surface area contributed by atoms with Crippen molar-refractivity contribution in [3.8, 4) is 0 Å². The molecule has 1 aliphatic carbocycles. The lowest BCUT2D eigenvalue weighted by Gasteiger charge is -2.18. The molecule has 0 saturated heterocycles. The van der Waals surface area contributed by atoms with Crippen molar-refractivity contribution in [2.24, 2.45) is 5.92 Å². The van der Waals surface area contributed by atoms with Crippen LogP contribution < -0.4 is 5.32 Å². The fourth-order valence-electron chi connectivity index (χ4n) is 2.91. The van der Waals surface area contributed by atoms with Crippen LogP contribution in [0, 0.1) is 5.92 Å². The van der Waals surface area contributed by atoms with E-state index in [9.17, 15) is 0 Å². The smallest absolute Gasteiger partial charge is 0.0759 e. The molecule has 3 unspecified atom stereocenters. The summed E-state index contributed by atoms with van der Waals surface area (Å²) in [7, 11) is 0. The largest absolute Gasteiger partial charge is 0.308 e. The second-order valence-electron chi connectivity index (χ2n) is 5.48. The molecule has 0 aliphatic heterocycles. The van der Waals surface area contributed by atoms with E-state index in [1.807, 2.05) is 6.20 Å². The summed E-state index contributed by atoms with van der Waals surface area (Å²) in [6.45, 7) is 3.22. The Kier molecular flexibility index (Phi) is 4.07. The minimum absolute atomic E-state index is 0.328. The molecule has 1 aliphatic rings. The van der Waals surface area contributed by atoms with Crippen LogP contribution in [0.5, 0.6) is 0 Å². The van der Waals surface area contributed by atoms with E-state index in [-0.39, 0.29) is 0 Å². The maximum Gasteiger partial charge on any atom is 0.0759 e. The number of hydrogen-bond donors (Lipinski definition) is 1.